The van der Waals surface area contributed by atoms with E-state index in [0.29, 0.717) is 5.71 Å². The molecule has 0 amide bonds. The van der Waals surface area contributed by atoms with Gasteiger partial charge in [0.1, 0.15) is 0 Å². The average molecular weight is 152 g/mol. The van der Waals surface area contributed by atoms with Crippen LogP contribution in [-0.4, -0.2) is 11.8 Å². The summed E-state index contributed by atoms with van der Waals surface area (Å²) in [6.45, 7) is 4.23. The molecule has 2 nitrogen and oxygen atoms in total. The molecule has 0 radical (unpaired) electrons. The van der Waals surface area contributed by atoms with Crippen LogP contribution in [0.2, 0.25) is 0 Å². The van der Waals surface area contributed by atoms with Crippen molar-refractivity contribution < 1.29 is 0 Å². The van der Waals surface area contributed by atoms with Crippen LogP contribution in [0.15, 0.2) is 11.1 Å². The lowest BCUT2D eigenvalue weighted by atomic mass is 10.1. The summed E-state index contributed by atoms with van der Waals surface area (Å²) in [5.74, 6) is 0. The van der Waals surface area contributed by atoms with Crippen molar-refractivity contribution in [1.29, 1.82) is 5.41 Å². The van der Waals surface area contributed by atoms with Crippen molar-refractivity contribution >= 4 is 5.71 Å². The van der Waals surface area contributed by atoms with Crippen LogP contribution in [0.5, 0.6) is 0 Å². The zero-order valence-corrected chi connectivity index (χ0v) is 7.28. The maximum Gasteiger partial charge on any atom is 0.0516 e. The highest BCUT2D eigenvalue weighted by atomic mass is 14.7. The Morgan fingerprint density at radius 1 is 1.45 bits per heavy atom. The molecule has 0 aromatic heterocycles. The van der Waals surface area contributed by atoms with E-state index in [1.807, 2.05) is 0 Å². The van der Waals surface area contributed by atoms with Gasteiger partial charge in [0.25, 0.3) is 0 Å². The second kappa shape index (κ2) is 3.18. The molecule has 2 heteroatoms. The topological polar surface area (TPSA) is 49.9 Å². The Labute approximate surface area is 68.0 Å². The number of nitrogens with two attached hydrogens (primary N) is 1. The van der Waals surface area contributed by atoms with Gasteiger partial charge in [-0.05, 0) is 24.8 Å². The second-order valence-electron chi connectivity index (χ2n) is 3.01. The van der Waals surface area contributed by atoms with E-state index < -0.39 is 0 Å². The summed E-state index contributed by atoms with van der Waals surface area (Å²) >= 11 is 0. The van der Waals surface area contributed by atoms with Gasteiger partial charge in [0, 0.05) is 0 Å². The third-order valence-corrected chi connectivity index (χ3v) is 2.37. The molecule has 1 rings (SSSR count). The molecule has 1 atom stereocenters. The van der Waals surface area contributed by atoms with Gasteiger partial charge in [-0.2, -0.15) is 0 Å². The largest absolute Gasteiger partial charge is 0.322 e. The molecule has 11 heavy (non-hydrogen) atoms. The Balaban J connectivity index is 2.86. The Morgan fingerprint density at radius 3 is 2.45 bits per heavy atom. The molecule has 0 spiro atoms. The van der Waals surface area contributed by atoms with Crippen molar-refractivity contribution in [2.75, 3.05) is 0 Å². The summed E-state index contributed by atoms with van der Waals surface area (Å²) < 4.78 is 0. The fourth-order valence-electron chi connectivity index (χ4n) is 1.70. The Hall–Kier alpha value is -0.630. The van der Waals surface area contributed by atoms with Crippen LogP contribution < -0.4 is 5.73 Å². The van der Waals surface area contributed by atoms with Crippen LogP contribution in [0.25, 0.3) is 0 Å². The molecule has 62 valence electrons. The van der Waals surface area contributed by atoms with E-state index in [4.69, 9.17) is 11.1 Å². The van der Waals surface area contributed by atoms with Crippen molar-refractivity contribution in [1.82, 2.24) is 0 Å². The highest BCUT2D eigenvalue weighted by molar-refractivity contribution is 6.04. The van der Waals surface area contributed by atoms with Gasteiger partial charge in [-0.3, -0.25) is 0 Å². The Morgan fingerprint density at radius 2 is 2.09 bits per heavy atom. The summed E-state index contributed by atoms with van der Waals surface area (Å²) in [5, 5.41) is 7.66. The van der Waals surface area contributed by atoms with Crippen molar-refractivity contribution in [3.05, 3.63) is 11.1 Å². The molecule has 0 heterocycles. The predicted octanol–water partition coefficient (Wildman–Crippen LogP) is 1.85. The average Bonchev–Trinajstić information content (AvgIpc) is 2.28. The van der Waals surface area contributed by atoms with Crippen LogP contribution in [0.3, 0.4) is 0 Å². The third-order valence-electron chi connectivity index (χ3n) is 2.37. The molecule has 0 saturated heterocycles. The smallest absolute Gasteiger partial charge is 0.0516 e. The van der Waals surface area contributed by atoms with Crippen LogP contribution in [0, 0.1) is 5.41 Å². The highest BCUT2D eigenvalue weighted by Crippen LogP contribution is 2.26. The van der Waals surface area contributed by atoms with Crippen molar-refractivity contribution in [2.24, 2.45) is 5.73 Å². The molecule has 0 bridgehead atoms. The van der Waals surface area contributed by atoms with E-state index in [1.54, 1.807) is 0 Å². The quantitative estimate of drug-likeness (QED) is 0.623. The van der Waals surface area contributed by atoms with E-state index in [2.05, 4.69) is 13.8 Å². The SMILES string of the molecule is CCC1=C(CC)C(=N)C(N)C1. The van der Waals surface area contributed by atoms with E-state index in [1.165, 1.54) is 11.1 Å². The van der Waals surface area contributed by atoms with Crippen molar-refractivity contribution in [3.63, 3.8) is 0 Å². The van der Waals surface area contributed by atoms with Crippen LogP contribution in [-0.2, 0) is 0 Å². The van der Waals surface area contributed by atoms with Gasteiger partial charge in [0.2, 0.25) is 0 Å². The van der Waals surface area contributed by atoms with E-state index in [9.17, 15) is 0 Å². The maximum atomic E-state index is 7.66. The first-order valence-corrected chi connectivity index (χ1v) is 4.26. The number of nitrogens with one attached hydrogen (secondary N) is 1. The van der Waals surface area contributed by atoms with E-state index in [-0.39, 0.29) is 6.04 Å². The molecule has 1 unspecified atom stereocenters. The van der Waals surface area contributed by atoms with Gasteiger partial charge < -0.3 is 11.1 Å². The lowest BCUT2D eigenvalue weighted by molar-refractivity contribution is 0.835. The zero-order chi connectivity index (χ0) is 8.43. The van der Waals surface area contributed by atoms with Gasteiger partial charge in [-0.25, -0.2) is 0 Å². The minimum Gasteiger partial charge on any atom is -0.322 e. The summed E-state index contributed by atoms with van der Waals surface area (Å²) in [4.78, 5) is 0. The highest BCUT2D eigenvalue weighted by Gasteiger charge is 2.24. The standard InChI is InChI=1S/C9H16N2/c1-3-6-5-8(10)9(11)7(6)4-2/h8,11H,3-5,10H2,1-2H3. The van der Waals surface area contributed by atoms with E-state index in [0.717, 1.165) is 19.3 Å². The van der Waals surface area contributed by atoms with E-state index >= 15 is 0 Å². The summed E-state index contributed by atoms with van der Waals surface area (Å²) in [6.07, 6.45) is 2.94. The predicted molar refractivity (Wildman–Crippen MR) is 47.9 cm³/mol. The molecule has 1 aliphatic rings. The van der Waals surface area contributed by atoms with Gasteiger partial charge in [-0.1, -0.05) is 19.4 Å². The molecule has 0 aliphatic heterocycles. The molecule has 1 aliphatic carbocycles. The normalized spacial score (nSPS) is 25.0. The lowest BCUT2D eigenvalue weighted by Gasteiger charge is -2.02. The number of rotatable bonds is 2. The van der Waals surface area contributed by atoms with Crippen molar-refractivity contribution in [3.8, 4) is 0 Å². The molecule has 0 saturated carbocycles. The fourth-order valence-corrected chi connectivity index (χ4v) is 1.70. The first kappa shape index (κ1) is 8.47. The summed E-state index contributed by atoms with van der Waals surface area (Å²) in [6, 6.07) is -0.0140. The van der Waals surface area contributed by atoms with Crippen molar-refractivity contribution in [2.45, 2.75) is 39.2 Å². The Kier molecular flexibility index (Phi) is 2.45. The number of hydrogen-bond acceptors (Lipinski definition) is 2. The minimum absolute atomic E-state index is 0.0140. The first-order chi connectivity index (χ1) is 5.20. The number of hydrogen-bond donors (Lipinski definition) is 2. The molecular weight excluding hydrogens is 136 g/mol. The molecule has 0 fully saturated rings. The monoisotopic (exact) mass is 152 g/mol. The van der Waals surface area contributed by atoms with Gasteiger partial charge in [0.05, 0.1) is 11.8 Å². The fraction of sp³-hybridized carbons (Fsp3) is 0.667. The third kappa shape index (κ3) is 1.36. The maximum absolute atomic E-state index is 7.66. The Bertz CT molecular complexity index is 204. The summed E-state index contributed by atoms with van der Waals surface area (Å²) in [7, 11) is 0. The second-order valence-corrected chi connectivity index (χ2v) is 3.01. The van der Waals surface area contributed by atoms with Crippen LogP contribution >= 0.6 is 0 Å². The van der Waals surface area contributed by atoms with Crippen LogP contribution in [0.4, 0.5) is 0 Å². The zero-order valence-electron chi connectivity index (χ0n) is 7.28. The summed E-state index contributed by atoms with van der Waals surface area (Å²) in [5.41, 5.74) is 9.02. The van der Waals surface area contributed by atoms with Gasteiger partial charge in [-0.15, -0.1) is 0 Å². The minimum atomic E-state index is -0.0140. The van der Waals surface area contributed by atoms with Gasteiger partial charge >= 0.3 is 0 Å². The molecular formula is C9H16N2. The molecule has 0 aromatic carbocycles. The molecule has 3 N–H and O–H groups in total. The van der Waals surface area contributed by atoms with Crippen LogP contribution in [0.1, 0.15) is 33.1 Å². The molecule has 0 aromatic rings. The lowest BCUT2D eigenvalue weighted by Crippen LogP contribution is -2.25. The first-order valence-electron chi connectivity index (χ1n) is 4.26. The van der Waals surface area contributed by atoms with Gasteiger partial charge in [0.15, 0.2) is 0 Å².